The zero-order valence-electron chi connectivity index (χ0n) is 6.94. The van der Waals surface area contributed by atoms with Crippen molar-refractivity contribution in [2.45, 2.75) is 19.9 Å². The fraction of sp³-hybridized carbons (Fsp3) is 0.714. The third-order valence-corrected chi connectivity index (χ3v) is 1.49. The third-order valence-electron chi connectivity index (χ3n) is 1.49. The molecular weight excluding hydrogens is 146 g/mol. The lowest BCUT2D eigenvalue weighted by atomic mass is 10.0. The molecule has 0 saturated heterocycles. The standard InChI is InChI=1S/C7H13NO3/c1-5(2)6(7(10)11)8(3)4-9/h4-6H,1-3H3,(H,10,11). The average molecular weight is 159 g/mol. The SMILES string of the molecule is CC(C)C(C(=O)O)N(C)C=O. The molecule has 0 heterocycles. The minimum atomic E-state index is -0.963. The largest absolute Gasteiger partial charge is 0.480 e. The first-order chi connectivity index (χ1) is 5.00. The summed E-state index contributed by atoms with van der Waals surface area (Å²) < 4.78 is 0. The predicted octanol–water partition coefficient (Wildman–Crippen LogP) is 0.184. The maximum absolute atomic E-state index is 10.5. The quantitative estimate of drug-likeness (QED) is 0.595. The smallest absolute Gasteiger partial charge is 0.326 e. The molecule has 0 aromatic carbocycles. The first-order valence-corrected chi connectivity index (χ1v) is 3.40. The Morgan fingerprint density at radius 3 is 2.09 bits per heavy atom. The molecule has 11 heavy (non-hydrogen) atoms. The summed E-state index contributed by atoms with van der Waals surface area (Å²) >= 11 is 0. The van der Waals surface area contributed by atoms with Crippen LogP contribution in [0.2, 0.25) is 0 Å². The molecule has 0 radical (unpaired) electrons. The molecule has 1 atom stereocenters. The van der Waals surface area contributed by atoms with E-state index >= 15 is 0 Å². The van der Waals surface area contributed by atoms with Crippen molar-refractivity contribution in [3.63, 3.8) is 0 Å². The van der Waals surface area contributed by atoms with Gasteiger partial charge in [-0.25, -0.2) is 4.79 Å². The number of hydrogen-bond acceptors (Lipinski definition) is 2. The van der Waals surface area contributed by atoms with Gasteiger partial charge in [0.25, 0.3) is 0 Å². The van der Waals surface area contributed by atoms with Crippen molar-refractivity contribution in [1.82, 2.24) is 4.90 Å². The molecule has 64 valence electrons. The predicted molar refractivity (Wildman–Crippen MR) is 40.1 cm³/mol. The lowest BCUT2D eigenvalue weighted by molar-refractivity contribution is -0.147. The summed E-state index contributed by atoms with van der Waals surface area (Å²) in [6.07, 6.45) is 0.527. The number of nitrogens with zero attached hydrogens (tertiary/aromatic N) is 1. The van der Waals surface area contributed by atoms with Gasteiger partial charge < -0.3 is 10.0 Å². The molecule has 1 unspecified atom stereocenters. The van der Waals surface area contributed by atoms with Crippen molar-refractivity contribution in [2.24, 2.45) is 5.92 Å². The summed E-state index contributed by atoms with van der Waals surface area (Å²) in [5.41, 5.74) is 0. The fourth-order valence-corrected chi connectivity index (χ4v) is 0.995. The zero-order valence-corrected chi connectivity index (χ0v) is 6.94. The van der Waals surface area contributed by atoms with E-state index < -0.39 is 12.0 Å². The Morgan fingerprint density at radius 1 is 1.55 bits per heavy atom. The van der Waals surface area contributed by atoms with Crippen LogP contribution < -0.4 is 0 Å². The van der Waals surface area contributed by atoms with E-state index in [2.05, 4.69) is 0 Å². The van der Waals surface area contributed by atoms with Crippen LogP contribution in [0.3, 0.4) is 0 Å². The Balaban J connectivity index is 4.33. The number of carboxylic acids is 1. The highest BCUT2D eigenvalue weighted by Crippen LogP contribution is 2.06. The van der Waals surface area contributed by atoms with Crippen LogP contribution in [0.25, 0.3) is 0 Å². The molecule has 0 spiro atoms. The highest BCUT2D eigenvalue weighted by atomic mass is 16.4. The molecule has 0 aliphatic rings. The number of amides is 1. The zero-order chi connectivity index (χ0) is 9.02. The molecule has 0 aromatic heterocycles. The fourth-order valence-electron chi connectivity index (χ4n) is 0.995. The Kier molecular flexibility index (Phi) is 3.57. The second-order valence-electron chi connectivity index (χ2n) is 2.80. The second kappa shape index (κ2) is 3.95. The van der Waals surface area contributed by atoms with Crippen molar-refractivity contribution in [3.8, 4) is 0 Å². The summed E-state index contributed by atoms with van der Waals surface area (Å²) in [4.78, 5) is 21.9. The van der Waals surface area contributed by atoms with Crippen molar-refractivity contribution in [2.75, 3.05) is 7.05 Å². The van der Waals surface area contributed by atoms with Crippen LogP contribution in [-0.2, 0) is 9.59 Å². The van der Waals surface area contributed by atoms with E-state index in [1.165, 1.54) is 7.05 Å². The van der Waals surface area contributed by atoms with Crippen LogP contribution in [0, 0.1) is 5.92 Å². The van der Waals surface area contributed by atoms with Gasteiger partial charge in [-0.2, -0.15) is 0 Å². The number of carbonyl (C=O) groups excluding carboxylic acids is 1. The third kappa shape index (κ3) is 2.57. The summed E-state index contributed by atoms with van der Waals surface area (Å²) in [5, 5.41) is 8.64. The van der Waals surface area contributed by atoms with Gasteiger partial charge in [0, 0.05) is 7.05 Å². The van der Waals surface area contributed by atoms with E-state index in [0.29, 0.717) is 6.41 Å². The van der Waals surface area contributed by atoms with Gasteiger partial charge >= 0.3 is 5.97 Å². The monoisotopic (exact) mass is 159 g/mol. The maximum atomic E-state index is 10.5. The molecule has 0 fully saturated rings. The van der Waals surface area contributed by atoms with Gasteiger partial charge in [-0.1, -0.05) is 13.8 Å². The number of aliphatic carboxylic acids is 1. The maximum Gasteiger partial charge on any atom is 0.326 e. The van der Waals surface area contributed by atoms with Crippen LogP contribution in [-0.4, -0.2) is 35.5 Å². The molecule has 0 aliphatic heterocycles. The number of hydrogen-bond donors (Lipinski definition) is 1. The van der Waals surface area contributed by atoms with E-state index in [9.17, 15) is 9.59 Å². The van der Waals surface area contributed by atoms with Gasteiger partial charge in [0.15, 0.2) is 0 Å². The van der Waals surface area contributed by atoms with E-state index in [1.54, 1.807) is 13.8 Å². The highest BCUT2D eigenvalue weighted by Gasteiger charge is 2.24. The van der Waals surface area contributed by atoms with E-state index in [4.69, 9.17) is 5.11 Å². The Bertz CT molecular complexity index is 156. The number of rotatable bonds is 4. The minimum Gasteiger partial charge on any atom is -0.480 e. The molecular formula is C7H13NO3. The average Bonchev–Trinajstić information content (AvgIpc) is 1.85. The summed E-state index contributed by atoms with van der Waals surface area (Å²) in [6.45, 7) is 3.53. The van der Waals surface area contributed by atoms with Gasteiger partial charge in [-0.15, -0.1) is 0 Å². The van der Waals surface area contributed by atoms with Crippen LogP contribution in [0.5, 0.6) is 0 Å². The van der Waals surface area contributed by atoms with Crippen LogP contribution in [0.1, 0.15) is 13.8 Å². The molecule has 1 amide bonds. The topological polar surface area (TPSA) is 57.6 Å². The Labute approximate surface area is 65.8 Å². The van der Waals surface area contributed by atoms with Crippen molar-refractivity contribution in [1.29, 1.82) is 0 Å². The van der Waals surface area contributed by atoms with Crippen LogP contribution >= 0.6 is 0 Å². The van der Waals surface area contributed by atoms with E-state index in [1.807, 2.05) is 0 Å². The molecule has 4 heteroatoms. The van der Waals surface area contributed by atoms with Crippen LogP contribution in [0.15, 0.2) is 0 Å². The van der Waals surface area contributed by atoms with Gasteiger partial charge in [0.2, 0.25) is 6.41 Å². The molecule has 0 aliphatic carbocycles. The molecule has 0 saturated carbocycles. The molecule has 0 bridgehead atoms. The summed E-state index contributed by atoms with van der Waals surface area (Å²) in [5.74, 6) is -1.03. The lowest BCUT2D eigenvalue weighted by Gasteiger charge is -2.23. The number of carboxylic acid groups (broad SMARTS) is 1. The van der Waals surface area contributed by atoms with Gasteiger partial charge in [0.1, 0.15) is 6.04 Å². The summed E-state index contributed by atoms with van der Waals surface area (Å²) in [7, 11) is 1.46. The highest BCUT2D eigenvalue weighted by molar-refractivity contribution is 5.76. The Morgan fingerprint density at radius 2 is 2.00 bits per heavy atom. The van der Waals surface area contributed by atoms with Gasteiger partial charge in [-0.3, -0.25) is 4.79 Å². The van der Waals surface area contributed by atoms with Crippen molar-refractivity contribution >= 4 is 12.4 Å². The van der Waals surface area contributed by atoms with E-state index in [0.717, 1.165) is 4.90 Å². The normalized spacial score (nSPS) is 12.7. The first kappa shape index (κ1) is 9.94. The van der Waals surface area contributed by atoms with Crippen LogP contribution in [0.4, 0.5) is 0 Å². The molecule has 0 rings (SSSR count). The number of carbonyl (C=O) groups is 2. The van der Waals surface area contributed by atoms with E-state index in [-0.39, 0.29) is 5.92 Å². The first-order valence-electron chi connectivity index (χ1n) is 3.40. The Hall–Kier alpha value is -1.06. The molecule has 1 N–H and O–H groups in total. The van der Waals surface area contributed by atoms with Crippen molar-refractivity contribution in [3.05, 3.63) is 0 Å². The van der Waals surface area contributed by atoms with Crippen molar-refractivity contribution < 1.29 is 14.7 Å². The second-order valence-corrected chi connectivity index (χ2v) is 2.80. The number of likely N-dealkylation sites (N-methyl/N-ethyl adjacent to an activating group) is 1. The van der Waals surface area contributed by atoms with Gasteiger partial charge in [0.05, 0.1) is 0 Å². The molecule has 0 aromatic rings. The minimum absolute atomic E-state index is 0.0669. The lowest BCUT2D eigenvalue weighted by Crippen LogP contribution is -2.41. The van der Waals surface area contributed by atoms with Gasteiger partial charge in [-0.05, 0) is 5.92 Å². The molecule has 4 nitrogen and oxygen atoms in total. The summed E-state index contributed by atoms with van der Waals surface area (Å²) in [6, 6.07) is -0.715.